The topological polar surface area (TPSA) is 90.9 Å². The summed E-state index contributed by atoms with van der Waals surface area (Å²) in [5.41, 5.74) is 1.56. The van der Waals surface area contributed by atoms with Gasteiger partial charge in [0.1, 0.15) is 18.3 Å². The van der Waals surface area contributed by atoms with Crippen LogP contribution in [-0.4, -0.2) is 44.1 Å². The number of rotatable bonds is 7. The van der Waals surface area contributed by atoms with Gasteiger partial charge in [0, 0.05) is 22.5 Å². The van der Waals surface area contributed by atoms with Crippen LogP contribution in [0.5, 0.6) is 0 Å². The summed E-state index contributed by atoms with van der Waals surface area (Å²) in [5.74, 6) is -4.70. The van der Waals surface area contributed by atoms with E-state index in [0.29, 0.717) is 17.8 Å². The van der Waals surface area contributed by atoms with Crippen LogP contribution in [0.25, 0.3) is 0 Å². The lowest BCUT2D eigenvalue weighted by Gasteiger charge is -2.38. The Bertz CT molecular complexity index is 1010. The summed E-state index contributed by atoms with van der Waals surface area (Å²) in [6, 6.07) is 6.00. The highest BCUT2D eigenvalue weighted by Crippen LogP contribution is 2.46. The number of esters is 2. The van der Waals surface area contributed by atoms with Crippen molar-refractivity contribution in [2.75, 3.05) is 20.3 Å². The highest BCUT2D eigenvalue weighted by Gasteiger charge is 2.47. The molecule has 0 fully saturated rings. The maximum Gasteiger partial charge on any atom is 0.336 e. The second-order valence-electron chi connectivity index (χ2n) is 8.61. The van der Waals surface area contributed by atoms with Crippen LogP contribution in [0.2, 0.25) is 0 Å². The van der Waals surface area contributed by atoms with E-state index in [1.165, 1.54) is 25.3 Å². The quantitative estimate of drug-likeness (QED) is 0.380. The summed E-state index contributed by atoms with van der Waals surface area (Å²) in [6.45, 7) is 7.45. The first-order valence-electron chi connectivity index (χ1n) is 11.0. The molecule has 0 aromatic heterocycles. The molecule has 0 saturated heterocycles. The van der Waals surface area contributed by atoms with Crippen molar-refractivity contribution in [2.45, 2.75) is 46.1 Å². The number of dihydropyridines is 1. The minimum atomic E-state index is -1.03. The van der Waals surface area contributed by atoms with Crippen molar-refractivity contribution in [1.29, 1.82) is 0 Å². The van der Waals surface area contributed by atoms with E-state index in [4.69, 9.17) is 14.2 Å². The average Bonchev–Trinajstić information content (AvgIpc) is 2.75. The fourth-order valence-corrected chi connectivity index (χ4v) is 4.47. The number of hydrogen-bond acceptors (Lipinski definition) is 7. The predicted octanol–water partition coefficient (Wildman–Crippen LogP) is 3.41. The van der Waals surface area contributed by atoms with Crippen molar-refractivity contribution in [3.05, 3.63) is 58.2 Å². The third-order valence-corrected chi connectivity index (χ3v) is 5.95. The number of carbonyl (C=O) groups excluding carboxylic acids is 3. The first-order valence-corrected chi connectivity index (χ1v) is 11.0. The van der Waals surface area contributed by atoms with Gasteiger partial charge in [-0.25, -0.2) is 9.18 Å². The molecule has 178 valence electrons. The maximum absolute atomic E-state index is 15.0. The van der Waals surface area contributed by atoms with Crippen LogP contribution in [0, 0.1) is 17.7 Å². The molecule has 1 heterocycles. The largest absolute Gasteiger partial charge is 0.468 e. The van der Waals surface area contributed by atoms with Crippen molar-refractivity contribution in [3.8, 4) is 0 Å². The Morgan fingerprint density at radius 1 is 1.21 bits per heavy atom. The molecule has 0 bridgehead atoms. The molecule has 8 heteroatoms. The second-order valence-corrected chi connectivity index (χ2v) is 8.61. The van der Waals surface area contributed by atoms with Crippen molar-refractivity contribution in [1.82, 2.24) is 5.32 Å². The maximum atomic E-state index is 15.0. The van der Waals surface area contributed by atoms with Crippen LogP contribution in [0.3, 0.4) is 0 Å². The van der Waals surface area contributed by atoms with Crippen LogP contribution in [0.1, 0.15) is 45.6 Å². The van der Waals surface area contributed by atoms with Crippen LogP contribution in [0.15, 0.2) is 46.8 Å². The van der Waals surface area contributed by atoms with E-state index in [2.05, 4.69) is 5.32 Å². The summed E-state index contributed by atoms with van der Waals surface area (Å²) in [4.78, 5) is 39.1. The normalized spacial score (nSPS) is 22.8. The van der Waals surface area contributed by atoms with Crippen LogP contribution in [0.4, 0.5) is 4.39 Å². The third kappa shape index (κ3) is 5.00. The summed E-state index contributed by atoms with van der Waals surface area (Å²) in [6.07, 6.45) is 0.366. The lowest BCUT2D eigenvalue weighted by atomic mass is 9.69. The van der Waals surface area contributed by atoms with E-state index in [1.807, 2.05) is 13.8 Å². The smallest absolute Gasteiger partial charge is 0.336 e. The van der Waals surface area contributed by atoms with Crippen LogP contribution < -0.4 is 5.32 Å². The number of hydrogen-bond donors (Lipinski definition) is 1. The van der Waals surface area contributed by atoms with Crippen molar-refractivity contribution in [2.24, 2.45) is 11.8 Å². The Hall–Kier alpha value is -3.00. The summed E-state index contributed by atoms with van der Waals surface area (Å²) < 4.78 is 30.7. The molecular weight excluding hydrogens is 429 g/mol. The Balaban J connectivity index is 2.05. The highest BCUT2D eigenvalue weighted by molar-refractivity contribution is 6.12. The number of ether oxygens (including phenoxy) is 3. The Kier molecular flexibility index (Phi) is 7.68. The molecule has 33 heavy (non-hydrogen) atoms. The monoisotopic (exact) mass is 459 g/mol. The second kappa shape index (κ2) is 10.3. The zero-order valence-corrected chi connectivity index (χ0v) is 19.6. The standard InChI is InChI=1S/C25H30FNO6/c1-13(2)32-10-11-33-25(30)20-15(4)27-18-12-14(3)19(24(29)31-5)23(28)22(18)21(20)16-8-6-7-9-17(16)26/h6-9,13-14,19,21,27H,10-12H2,1-5H3/t14-,19-,21+/m0/s1. The molecule has 3 atom stereocenters. The molecule has 1 aliphatic heterocycles. The lowest BCUT2D eigenvalue weighted by Crippen LogP contribution is -2.43. The number of nitrogens with one attached hydrogen (secondary N) is 1. The van der Waals surface area contributed by atoms with Gasteiger partial charge in [-0.05, 0) is 39.2 Å². The highest BCUT2D eigenvalue weighted by atomic mass is 19.1. The lowest BCUT2D eigenvalue weighted by molar-refractivity contribution is -0.151. The average molecular weight is 460 g/mol. The molecule has 1 N–H and O–H groups in total. The van der Waals surface area contributed by atoms with Gasteiger partial charge in [0.15, 0.2) is 5.78 Å². The molecule has 1 aliphatic carbocycles. The predicted molar refractivity (Wildman–Crippen MR) is 118 cm³/mol. The molecule has 7 nitrogen and oxygen atoms in total. The first-order chi connectivity index (χ1) is 15.7. The van der Waals surface area contributed by atoms with Gasteiger partial charge >= 0.3 is 11.9 Å². The van der Waals surface area contributed by atoms with Gasteiger partial charge in [0.2, 0.25) is 0 Å². The molecule has 3 rings (SSSR count). The fraction of sp³-hybridized carbons (Fsp3) is 0.480. The van der Waals surface area contributed by atoms with Gasteiger partial charge in [-0.1, -0.05) is 25.1 Å². The third-order valence-electron chi connectivity index (χ3n) is 5.95. The number of halogens is 1. The molecule has 0 amide bonds. The summed E-state index contributed by atoms with van der Waals surface area (Å²) in [7, 11) is 1.23. The minimum Gasteiger partial charge on any atom is -0.468 e. The number of benzene rings is 1. The number of ketones is 1. The van der Waals surface area contributed by atoms with E-state index in [1.54, 1.807) is 19.9 Å². The molecule has 0 radical (unpaired) electrons. The van der Waals surface area contributed by atoms with E-state index in [-0.39, 0.29) is 41.9 Å². The van der Waals surface area contributed by atoms with Crippen LogP contribution >= 0.6 is 0 Å². The molecule has 0 saturated carbocycles. The molecule has 1 aromatic carbocycles. The molecule has 0 unspecified atom stereocenters. The number of Topliss-reactive ketones (excluding diaryl/α,β-unsaturated/α-hetero) is 1. The van der Waals surface area contributed by atoms with E-state index in [9.17, 15) is 18.8 Å². The Morgan fingerprint density at radius 2 is 1.91 bits per heavy atom. The molecule has 0 spiro atoms. The van der Waals surface area contributed by atoms with Gasteiger partial charge in [-0.15, -0.1) is 0 Å². The number of methoxy groups -OCH3 is 1. The van der Waals surface area contributed by atoms with Gasteiger partial charge in [-0.3, -0.25) is 9.59 Å². The zero-order chi connectivity index (χ0) is 24.3. The summed E-state index contributed by atoms with van der Waals surface area (Å²) in [5, 5.41) is 3.15. The van der Waals surface area contributed by atoms with Crippen LogP contribution in [-0.2, 0) is 28.6 Å². The number of allylic oxidation sites excluding steroid dienone is 3. The van der Waals surface area contributed by atoms with Crippen molar-refractivity contribution < 1.29 is 33.0 Å². The zero-order valence-electron chi connectivity index (χ0n) is 19.6. The Labute approximate surface area is 193 Å². The van der Waals surface area contributed by atoms with Gasteiger partial charge in [-0.2, -0.15) is 0 Å². The van der Waals surface area contributed by atoms with Gasteiger partial charge in [0.05, 0.1) is 31.3 Å². The molecule has 2 aliphatic rings. The minimum absolute atomic E-state index is 0.0133. The van der Waals surface area contributed by atoms with E-state index < -0.39 is 35.4 Å². The van der Waals surface area contributed by atoms with Gasteiger partial charge in [0.25, 0.3) is 0 Å². The van der Waals surface area contributed by atoms with E-state index in [0.717, 1.165) is 0 Å². The van der Waals surface area contributed by atoms with Crippen molar-refractivity contribution >= 4 is 17.7 Å². The fourth-order valence-electron chi connectivity index (χ4n) is 4.47. The van der Waals surface area contributed by atoms with E-state index >= 15 is 0 Å². The molecular formula is C25H30FNO6. The molecule has 1 aromatic rings. The Morgan fingerprint density at radius 3 is 2.55 bits per heavy atom. The van der Waals surface area contributed by atoms with Gasteiger partial charge < -0.3 is 19.5 Å². The summed E-state index contributed by atoms with van der Waals surface area (Å²) >= 11 is 0. The van der Waals surface area contributed by atoms with Crippen molar-refractivity contribution in [3.63, 3.8) is 0 Å². The number of carbonyl (C=O) groups is 3. The first kappa shape index (κ1) is 24.6. The SMILES string of the molecule is COC(=O)[C@@H]1C(=O)C2=C(C[C@@H]1C)NC(C)=C(C(=O)OCCOC(C)C)[C@H]2c1ccccc1F.